The van der Waals surface area contributed by atoms with Gasteiger partial charge in [0.2, 0.25) is 12.9 Å². The SMILES string of the molecule is Cc1c(C2(N=C=O)CC2)cc2c(c1Cl)OCO2. The van der Waals surface area contributed by atoms with E-state index in [9.17, 15) is 4.79 Å². The van der Waals surface area contributed by atoms with Crippen LogP contribution in [-0.2, 0) is 10.3 Å². The van der Waals surface area contributed by atoms with Crippen LogP contribution in [0.3, 0.4) is 0 Å². The number of nitrogens with zero attached hydrogens (tertiary/aromatic N) is 1. The monoisotopic (exact) mass is 251 g/mol. The summed E-state index contributed by atoms with van der Waals surface area (Å²) in [5.74, 6) is 1.21. The van der Waals surface area contributed by atoms with Crippen molar-refractivity contribution in [1.29, 1.82) is 0 Å². The van der Waals surface area contributed by atoms with Crippen molar-refractivity contribution in [2.75, 3.05) is 6.79 Å². The Bertz CT molecular complexity index is 545. The summed E-state index contributed by atoms with van der Waals surface area (Å²) in [6.07, 6.45) is 3.34. The fourth-order valence-electron chi connectivity index (χ4n) is 2.23. The summed E-state index contributed by atoms with van der Waals surface area (Å²) in [6, 6.07) is 1.87. The Hall–Kier alpha value is -1.51. The van der Waals surface area contributed by atoms with Crippen molar-refractivity contribution in [3.63, 3.8) is 0 Å². The summed E-state index contributed by atoms with van der Waals surface area (Å²) >= 11 is 6.23. The molecule has 0 N–H and O–H groups in total. The average molecular weight is 252 g/mol. The van der Waals surface area contributed by atoms with Crippen molar-refractivity contribution in [2.45, 2.75) is 25.3 Å². The molecule has 0 spiro atoms. The number of aliphatic imine (C=N–C) groups is 1. The molecule has 88 valence electrons. The largest absolute Gasteiger partial charge is 0.454 e. The van der Waals surface area contributed by atoms with Crippen molar-refractivity contribution in [3.05, 3.63) is 22.2 Å². The van der Waals surface area contributed by atoms with Crippen LogP contribution in [0.1, 0.15) is 24.0 Å². The second-order valence-electron chi connectivity index (χ2n) is 4.33. The third-order valence-electron chi connectivity index (χ3n) is 3.33. The van der Waals surface area contributed by atoms with Crippen molar-refractivity contribution < 1.29 is 14.3 Å². The van der Waals surface area contributed by atoms with Gasteiger partial charge < -0.3 is 9.47 Å². The van der Waals surface area contributed by atoms with E-state index < -0.39 is 5.54 Å². The molecule has 0 radical (unpaired) electrons. The van der Waals surface area contributed by atoms with E-state index in [0.717, 1.165) is 24.0 Å². The maximum Gasteiger partial charge on any atom is 0.235 e. The summed E-state index contributed by atoms with van der Waals surface area (Å²) in [5.41, 5.74) is 1.40. The lowest BCUT2D eigenvalue weighted by atomic mass is 9.99. The highest BCUT2D eigenvalue weighted by atomic mass is 35.5. The van der Waals surface area contributed by atoms with E-state index in [-0.39, 0.29) is 6.79 Å². The van der Waals surface area contributed by atoms with Gasteiger partial charge in [0.1, 0.15) is 0 Å². The van der Waals surface area contributed by atoms with E-state index in [2.05, 4.69) is 4.99 Å². The highest BCUT2D eigenvalue weighted by Crippen LogP contribution is 2.54. The first-order valence-electron chi connectivity index (χ1n) is 5.36. The third-order valence-corrected chi connectivity index (χ3v) is 3.79. The number of ether oxygens (including phenoxy) is 2. The number of carbonyl (C=O) groups excluding carboxylic acids is 1. The Morgan fingerprint density at radius 2 is 2.24 bits per heavy atom. The highest BCUT2D eigenvalue weighted by molar-refractivity contribution is 6.33. The van der Waals surface area contributed by atoms with Gasteiger partial charge in [-0.15, -0.1) is 0 Å². The molecule has 4 nitrogen and oxygen atoms in total. The molecule has 1 aliphatic heterocycles. The van der Waals surface area contributed by atoms with Gasteiger partial charge >= 0.3 is 0 Å². The predicted octanol–water partition coefficient (Wildman–Crippen LogP) is 2.70. The van der Waals surface area contributed by atoms with Gasteiger partial charge in [-0.3, -0.25) is 0 Å². The van der Waals surface area contributed by atoms with E-state index in [1.54, 1.807) is 6.08 Å². The van der Waals surface area contributed by atoms with Crippen LogP contribution < -0.4 is 9.47 Å². The Morgan fingerprint density at radius 3 is 2.88 bits per heavy atom. The van der Waals surface area contributed by atoms with Crippen LogP contribution >= 0.6 is 11.6 Å². The van der Waals surface area contributed by atoms with Gasteiger partial charge in [0.05, 0.1) is 10.6 Å². The second kappa shape index (κ2) is 3.49. The minimum Gasteiger partial charge on any atom is -0.454 e. The molecular weight excluding hydrogens is 242 g/mol. The minimum atomic E-state index is -0.434. The molecule has 17 heavy (non-hydrogen) atoms. The Balaban J connectivity index is 2.19. The van der Waals surface area contributed by atoms with Crippen molar-refractivity contribution in [2.24, 2.45) is 4.99 Å². The van der Waals surface area contributed by atoms with Gasteiger partial charge in [-0.05, 0) is 37.0 Å². The molecule has 0 atom stereocenters. The van der Waals surface area contributed by atoms with Gasteiger partial charge in [-0.25, -0.2) is 4.79 Å². The van der Waals surface area contributed by atoms with E-state index in [1.807, 2.05) is 13.0 Å². The van der Waals surface area contributed by atoms with Crippen molar-refractivity contribution in [1.82, 2.24) is 0 Å². The van der Waals surface area contributed by atoms with E-state index >= 15 is 0 Å². The van der Waals surface area contributed by atoms with Crippen molar-refractivity contribution in [3.8, 4) is 11.5 Å². The summed E-state index contributed by atoms with van der Waals surface area (Å²) < 4.78 is 10.6. The Kier molecular flexibility index (Phi) is 2.18. The molecule has 1 saturated carbocycles. The fraction of sp³-hybridized carbons (Fsp3) is 0.417. The van der Waals surface area contributed by atoms with Gasteiger partial charge in [0.25, 0.3) is 0 Å². The molecular formula is C12H10ClNO3. The standard InChI is InChI=1S/C12H10ClNO3/c1-7-8(12(2-3-12)14-5-15)4-9-11(10(7)13)17-6-16-9/h4H,2-3,6H2,1H3. The summed E-state index contributed by atoms with van der Waals surface area (Å²) in [4.78, 5) is 14.4. The predicted molar refractivity (Wildman–Crippen MR) is 61.3 cm³/mol. The van der Waals surface area contributed by atoms with E-state index in [4.69, 9.17) is 21.1 Å². The third kappa shape index (κ3) is 1.45. The molecule has 1 aromatic carbocycles. The van der Waals surface area contributed by atoms with E-state index in [0.29, 0.717) is 16.5 Å². The van der Waals surface area contributed by atoms with E-state index in [1.165, 1.54) is 0 Å². The molecule has 0 saturated heterocycles. The molecule has 0 bridgehead atoms. The van der Waals surface area contributed by atoms with Gasteiger partial charge in [0, 0.05) is 0 Å². The molecule has 2 aliphatic rings. The first-order valence-corrected chi connectivity index (χ1v) is 5.74. The number of isocyanates is 1. The van der Waals surface area contributed by atoms with Crippen molar-refractivity contribution >= 4 is 17.7 Å². The number of hydrogen-bond donors (Lipinski definition) is 0. The number of halogens is 1. The smallest absolute Gasteiger partial charge is 0.235 e. The van der Waals surface area contributed by atoms with Gasteiger partial charge in [-0.1, -0.05) is 11.6 Å². The summed E-state index contributed by atoms with van der Waals surface area (Å²) in [5, 5.41) is 0.544. The topological polar surface area (TPSA) is 47.9 Å². The van der Waals surface area contributed by atoms with Crippen LogP contribution in [0.15, 0.2) is 11.1 Å². The molecule has 1 aliphatic carbocycles. The summed E-state index contributed by atoms with van der Waals surface area (Å²) in [7, 11) is 0. The molecule has 1 aromatic rings. The lowest BCUT2D eigenvalue weighted by Crippen LogP contribution is -2.05. The lowest BCUT2D eigenvalue weighted by Gasteiger charge is -2.14. The molecule has 0 unspecified atom stereocenters. The number of rotatable bonds is 2. The Morgan fingerprint density at radius 1 is 1.47 bits per heavy atom. The van der Waals surface area contributed by atoms with Crippen LogP contribution in [0.25, 0.3) is 0 Å². The van der Waals surface area contributed by atoms with Gasteiger partial charge in [0.15, 0.2) is 11.5 Å². The molecule has 1 fully saturated rings. The van der Waals surface area contributed by atoms with Crippen LogP contribution in [0, 0.1) is 6.92 Å². The average Bonchev–Trinajstić information content (AvgIpc) is 2.92. The fourth-order valence-corrected chi connectivity index (χ4v) is 2.48. The first-order chi connectivity index (χ1) is 8.18. The molecule has 5 heteroatoms. The zero-order valence-electron chi connectivity index (χ0n) is 9.25. The zero-order valence-corrected chi connectivity index (χ0v) is 10.0. The van der Waals surface area contributed by atoms with Crippen LogP contribution in [0.2, 0.25) is 5.02 Å². The Labute approximate surface area is 103 Å². The lowest BCUT2D eigenvalue weighted by molar-refractivity contribution is 0.174. The second-order valence-corrected chi connectivity index (χ2v) is 4.71. The summed E-state index contributed by atoms with van der Waals surface area (Å²) in [6.45, 7) is 2.09. The highest BCUT2D eigenvalue weighted by Gasteiger charge is 2.47. The van der Waals surface area contributed by atoms with Crippen LogP contribution in [-0.4, -0.2) is 12.9 Å². The normalized spacial score (nSPS) is 18.7. The quantitative estimate of drug-likeness (QED) is 0.600. The number of hydrogen-bond acceptors (Lipinski definition) is 4. The molecule has 0 aromatic heterocycles. The number of benzene rings is 1. The number of fused-ring (bicyclic) bond motifs is 1. The molecule has 1 heterocycles. The maximum absolute atomic E-state index is 10.5. The van der Waals surface area contributed by atoms with Crippen LogP contribution in [0.5, 0.6) is 11.5 Å². The molecule has 3 rings (SSSR count). The maximum atomic E-state index is 10.5. The van der Waals surface area contributed by atoms with Crippen LogP contribution in [0.4, 0.5) is 0 Å². The van der Waals surface area contributed by atoms with Gasteiger partial charge in [-0.2, -0.15) is 4.99 Å². The minimum absolute atomic E-state index is 0.182. The zero-order chi connectivity index (χ0) is 12.0. The molecule has 0 amide bonds. The first kappa shape index (κ1) is 10.6.